The summed E-state index contributed by atoms with van der Waals surface area (Å²) in [5.74, 6) is 2.58. The van der Waals surface area contributed by atoms with Gasteiger partial charge in [-0.1, -0.05) is 25.1 Å². The van der Waals surface area contributed by atoms with E-state index in [0.29, 0.717) is 5.92 Å². The Kier molecular flexibility index (Phi) is 4.79. The number of piperidine rings is 1. The SMILES string of the molecule is CCN(c1ccccc1)c1cc(C)nc(N2CCCC(C)C2)n1. The van der Waals surface area contributed by atoms with E-state index < -0.39 is 0 Å². The lowest BCUT2D eigenvalue weighted by Gasteiger charge is -2.32. The molecule has 2 aromatic rings. The summed E-state index contributed by atoms with van der Waals surface area (Å²) in [6.07, 6.45) is 2.53. The van der Waals surface area contributed by atoms with E-state index in [4.69, 9.17) is 9.97 Å². The second-order valence-corrected chi connectivity index (χ2v) is 6.44. The fourth-order valence-electron chi connectivity index (χ4n) is 3.27. The predicted molar refractivity (Wildman–Crippen MR) is 96.5 cm³/mol. The molecule has 1 aliphatic heterocycles. The van der Waals surface area contributed by atoms with Crippen LogP contribution in [0.2, 0.25) is 0 Å². The van der Waals surface area contributed by atoms with Crippen molar-refractivity contribution in [3.05, 3.63) is 42.1 Å². The lowest BCUT2D eigenvalue weighted by molar-refractivity contribution is 0.442. The molecule has 0 saturated carbocycles. The minimum absolute atomic E-state index is 0.715. The van der Waals surface area contributed by atoms with Crippen LogP contribution in [0.3, 0.4) is 0 Å². The van der Waals surface area contributed by atoms with E-state index in [2.05, 4.69) is 60.9 Å². The first kappa shape index (κ1) is 15.8. The third kappa shape index (κ3) is 3.63. The minimum Gasteiger partial charge on any atom is -0.340 e. The monoisotopic (exact) mass is 310 g/mol. The van der Waals surface area contributed by atoms with E-state index in [1.165, 1.54) is 18.5 Å². The first-order valence-corrected chi connectivity index (χ1v) is 8.60. The Bertz CT molecular complexity index is 641. The van der Waals surface area contributed by atoms with Gasteiger partial charge in [0.25, 0.3) is 0 Å². The average Bonchev–Trinajstić information content (AvgIpc) is 2.56. The van der Waals surface area contributed by atoms with Crippen molar-refractivity contribution < 1.29 is 0 Å². The Hall–Kier alpha value is -2.10. The quantitative estimate of drug-likeness (QED) is 0.848. The molecule has 0 N–H and O–H groups in total. The van der Waals surface area contributed by atoms with Crippen molar-refractivity contribution in [2.24, 2.45) is 5.92 Å². The van der Waals surface area contributed by atoms with Crippen LogP contribution in [0.4, 0.5) is 17.5 Å². The van der Waals surface area contributed by atoms with E-state index in [1.54, 1.807) is 0 Å². The number of para-hydroxylation sites is 1. The largest absolute Gasteiger partial charge is 0.340 e. The molecule has 23 heavy (non-hydrogen) atoms. The zero-order valence-corrected chi connectivity index (χ0v) is 14.4. The van der Waals surface area contributed by atoms with E-state index in [9.17, 15) is 0 Å². The zero-order chi connectivity index (χ0) is 16.2. The second kappa shape index (κ2) is 6.99. The Labute approximate surface area is 139 Å². The molecule has 0 bridgehead atoms. The third-order valence-corrected chi connectivity index (χ3v) is 4.43. The molecule has 4 heteroatoms. The van der Waals surface area contributed by atoms with Crippen molar-refractivity contribution >= 4 is 17.5 Å². The molecule has 3 rings (SSSR count). The zero-order valence-electron chi connectivity index (χ0n) is 14.4. The lowest BCUT2D eigenvalue weighted by atomic mass is 10.0. The standard InChI is InChI=1S/C19H26N4/c1-4-23(17-10-6-5-7-11-17)18-13-16(3)20-19(21-18)22-12-8-9-15(2)14-22/h5-7,10-11,13,15H,4,8-9,12,14H2,1-3H3. The van der Waals surface area contributed by atoms with Crippen molar-refractivity contribution in [1.82, 2.24) is 9.97 Å². The van der Waals surface area contributed by atoms with Crippen molar-refractivity contribution in [3.8, 4) is 0 Å². The molecule has 1 aromatic heterocycles. The molecule has 4 nitrogen and oxygen atoms in total. The summed E-state index contributed by atoms with van der Waals surface area (Å²) in [6, 6.07) is 12.5. The van der Waals surface area contributed by atoms with Gasteiger partial charge in [-0.3, -0.25) is 0 Å². The number of aromatic nitrogens is 2. The summed E-state index contributed by atoms with van der Waals surface area (Å²) < 4.78 is 0. The van der Waals surface area contributed by atoms with Crippen molar-refractivity contribution in [1.29, 1.82) is 0 Å². The van der Waals surface area contributed by atoms with Crippen LogP contribution in [0.15, 0.2) is 36.4 Å². The fourth-order valence-corrected chi connectivity index (χ4v) is 3.27. The first-order valence-electron chi connectivity index (χ1n) is 8.60. The van der Waals surface area contributed by atoms with Crippen LogP contribution in [-0.2, 0) is 0 Å². The van der Waals surface area contributed by atoms with Crippen molar-refractivity contribution in [3.63, 3.8) is 0 Å². The first-order chi connectivity index (χ1) is 11.2. The highest BCUT2D eigenvalue weighted by atomic mass is 15.3. The molecule has 0 radical (unpaired) electrons. The van der Waals surface area contributed by atoms with Crippen molar-refractivity contribution in [2.45, 2.75) is 33.6 Å². The van der Waals surface area contributed by atoms with Gasteiger partial charge in [-0.25, -0.2) is 4.98 Å². The van der Waals surface area contributed by atoms with Gasteiger partial charge in [0.2, 0.25) is 5.95 Å². The van der Waals surface area contributed by atoms with Gasteiger partial charge in [0.05, 0.1) is 0 Å². The summed E-state index contributed by atoms with van der Waals surface area (Å²) in [5.41, 5.74) is 2.20. The molecule has 0 spiro atoms. The predicted octanol–water partition coefficient (Wildman–Crippen LogP) is 4.18. The maximum atomic E-state index is 4.88. The van der Waals surface area contributed by atoms with E-state index in [0.717, 1.165) is 37.1 Å². The van der Waals surface area contributed by atoms with Crippen LogP contribution in [-0.4, -0.2) is 29.6 Å². The topological polar surface area (TPSA) is 32.3 Å². The fraction of sp³-hybridized carbons (Fsp3) is 0.474. The maximum absolute atomic E-state index is 4.88. The number of anilines is 3. The highest BCUT2D eigenvalue weighted by Crippen LogP contribution is 2.27. The molecular weight excluding hydrogens is 284 g/mol. The molecule has 1 atom stereocenters. The third-order valence-electron chi connectivity index (χ3n) is 4.43. The second-order valence-electron chi connectivity index (χ2n) is 6.44. The van der Waals surface area contributed by atoms with E-state index in [1.807, 2.05) is 6.07 Å². The molecule has 1 aromatic carbocycles. The van der Waals surface area contributed by atoms with Gasteiger partial charge in [0.15, 0.2) is 0 Å². The molecule has 122 valence electrons. The molecule has 1 unspecified atom stereocenters. The molecule has 2 heterocycles. The normalized spacial score (nSPS) is 18.0. The van der Waals surface area contributed by atoms with E-state index in [-0.39, 0.29) is 0 Å². The highest BCUT2D eigenvalue weighted by molar-refractivity contribution is 5.61. The van der Waals surface area contributed by atoms with Crippen LogP contribution in [0.1, 0.15) is 32.4 Å². The number of aryl methyl sites for hydroxylation is 1. The van der Waals surface area contributed by atoms with Crippen LogP contribution in [0.25, 0.3) is 0 Å². The molecule has 1 aliphatic rings. The van der Waals surface area contributed by atoms with Gasteiger partial charge in [-0.2, -0.15) is 4.98 Å². The Morgan fingerprint density at radius 2 is 2.00 bits per heavy atom. The van der Waals surface area contributed by atoms with Gasteiger partial charge >= 0.3 is 0 Å². The molecule has 1 fully saturated rings. The number of hydrogen-bond donors (Lipinski definition) is 0. The van der Waals surface area contributed by atoms with Crippen LogP contribution < -0.4 is 9.80 Å². The molecule has 1 saturated heterocycles. The summed E-state index contributed by atoms with van der Waals surface area (Å²) in [5, 5.41) is 0. The average molecular weight is 310 g/mol. The summed E-state index contributed by atoms with van der Waals surface area (Å²) in [4.78, 5) is 14.1. The van der Waals surface area contributed by atoms with Gasteiger partial charge in [-0.05, 0) is 44.7 Å². The Balaban J connectivity index is 1.93. The van der Waals surface area contributed by atoms with Gasteiger partial charge in [0, 0.05) is 37.1 Å². The summed E-state index contributed by atoms with van der Waals surface area (Å²) >= 11 is 0. The number of benzene rings is 1. The maximum Gasteiger partial charge on any atom is 0.227 e. The molecule has 0 amide bonds. The minimum atomic E-state index is 0.715. The lowest BCUT2D eigenvalue weighted by Crippen LogP contribution is -2.36. The smallest absolute Gasteiger partial charge is 0.227 e. The molecular formula is C19H26N4. The Morgan fingerprint density at radius 3 is 2.70 bits per heavy atom. The van der Waals surface area contributed by atoms with Crippen LogP contribution in [0, 0.1) is 12.8 Å². The highest BCUT2D eigenvalue weighted by Gasteiger charge is 2.20. The van der Waals surface area contributed by atoms with Gasteiger partial charge in [0.1, 0.15) is 5.82 Å². The number of rotatable bonds is 4. The van der Waals surface area contributed by atoms with Crippen LogP contribution in [0.5, 0.6) is 0 Å². The van der Waals surface area contributed by atoms with Gasteiger partial charge < -0.3 is 9.80 Å². The number of hydrogen-bond acceptors (Lipinski definition) is 4. The van der Waals surface area contributed by atoms with Crippen molar-refractivity contribution in [2.75, 3.05) is 29.4 Å². The summed E-state index contributed by atoms with van der Waals surface area (Å²) in [7, 11) is 0. The Morgan fingerprint density at radius 1 is 1.22 bits per heavy atom. The molecule has 0 aliphatic carbocycles. The van der Waals surface area contributed by atoms with Crippen LogP contribution >= 0.6 is 0 Å². The van der Waals surface area contributed by atoms with Gasteiger partial charge in [-0.15, -0.1) is 0 Å². The number of nitrogens with zero attached hydrogens (tertiary/aromatic N) is 4. The van der Waals surface area contributed by atoms with E-state index >= 15 is 0 Å². The summed E-state index contributed by atoms with van der Waals surface area (Å²) in [6.45, 7) is 9.53.